The minimum atomic E-state index is -1.02. The number of halogens is 1. The standard InChI is InChI=1S/C11H14FNO2/c1-11(13-2,10(14)15)7-8-3-5-9(12)6-4-8/h3-6,13H,7H2,1-2H3,(H,14,15). The largest absolute Gasteiger partial charge is 0.480 e. The third-order valence-electron chi connectivity index (χ3n) is 2.49. The fourth-order valence-electron chi connectivity index (χ4n) is 1.28. The van der Waals surface area contributed by atoms with Gasteiger partial charge in [-0.25, -0.2) is 4.39 Å². The number of aliphatic carboxylic acids is 1. The van der Waals surface area contributed by atoms with Crippen molar-refractivity contribution in [2.24, 2.45) is 0 Å². The van der Waals surface area contributed by atoms with E-state index >= 15 is 0 Å². The van der Waals surface area contributed by atoms with E-state index in [1.54, 1.807) is 26.1 Å². The minimum Gasteiger partial charge on any atom is -0.480 e. The van der Waals surface area contributed by atoms with Gasteiger partial charge in [-0.1, -0.05) is 12.1 Å². The number of rotatable bonds is 4. The Morgan fingerprint density at radius 1 is 1.47 bits per heavy atom. The van der Waals surface area contributed by atoms with Gasteiger partial charge in [-0.05, 0) is 31.7 Å². The van der Waals surface area contributed by atoms with E-state index in [1.165, 1.54) is 12.1 Å². The third kappa shape index (κ3) is 2.76. The summed E-state index contributed by atoms with van der Waals surface area (Å²) in [5, 5.41) is 11.8. The van der Waals surface area contributed by atoms with E-state index in [1.807, 2.05) is 0 Å². The molecule has 0 aromatic heterocycles. The maximum atomic E-state index is 12.6. The third-order valence-corrected chi connectivity index (χ3v) is 2.49. The van der Waals surface area contributed by atoms with Crippen LogP contribution in [0.15, 0.2) is 24.3 Å². The molecule has 0 radical (unpaired) electrons. The molecule has 0 saturated carbocycles. The maximum Gasteiger partial charge on any atom is 0.323 e. The van der Waals surface area contributed by atoms with E-state index in [2.05, 4.69) is 5.32 Å². The molecule has 2 N–H and O–H groups in total. The molecule has 0 amide bonds. The van der Waals surface area contributed by atoms with Gasteiger partial charge in [0.2, 0.25) is 0 Å². The van der Waals surface area contributed by atoms with Gasteiger partial charge in [-0.3, -0.25) is 4.79 Å². The highest BCUT2D eigenvalue weighted by molar-refractivity contribution is 5.78. The van der Waals surface area contributed by atoms with Gasteiger partial charge in [0.25, 0.3) is 0 Å². The summed E-state index contributed by atoms with van der Waals surface area (Å²) in [7, 11) is 1.59. The van der Waals surface area contributed by atoms with E-state index in [0.717, 1.165) is 5.56 Å². The van der Waals surface area contributed by atoms with Crippen LogP contribution < -0.4 is 5.32 Å². The Kier molecular flexibility index (Phi) is 3.42. The predicted molar refractivity (Wildman–Crippen MR) is 55.2 cm³/mol. The molecule has 0 aliphatic heterocycles. The summed E-state index contributed by atoms with van der Waals surface area (Å²) in [5.41, 5.74) is -0.228. The van der Waals surface area contributed by atoms with Crippen LogP contribution in [0.4, 0.5) is 4.39 Å². The van der Waals surface area contributed by atoms with E-state index in [0.29, 0.717) is 6.42 Å². The van der Waals surface area contributed by atoms with E-state index in [4.69, 9.17) is 5.11 Å². The summed E-state index contributed by atoms with van der Waals surface area (Å²) >= 11 is 0. The zero-order valence-electron chi connectivity index (χ0n) is 8.75. The zero-order valence-corrected chi connectivity index (χ0v) is 8.75. The lowest BCUT2D eigenvalue weighted by Gasteiger charge is -2.24. The monoisotopic (exact) mass is 211 g/mol. The molecule has 0 heterocycles. The highest BCUT2D eigenvalue weighted by atomic mass is 19.1. The first-order valence-corrected chi connectivity index (χ1v) is 4.65. The van der Waals surface area contributed by atoms with Gasteiger partial charge in [0, 0.05) is 6.42 Å². The molecule has 1 aromatic rings. The Bertz CT molecular complexity index is 350. The first kappa shape index (κ1) is 11.7. The molecule has 0 spiro atoms. The Labute approximate surface area is 87.9 Å². The van der Waals surface area contributed by atoms with Crippen molar-refractivity contribution < 1.29 is 14.3 Å². The number of carboxylic acids is 1. The molecule has 1 unspecified atom stereocenters. The Hall–Kier alpha value is -1.42. The second-order valence-electron chi connectivity index (χ2n) is 3.69. The molecule has 1 atom stereocenters. The van der Waals surface area contributed by atoms with Crippen LogP contribution in [-0.2, 0) is 11.2 Å². The fraction of sp³-hybridized carbons (Fsp3) is 0.364. The number of benzene rings is 1. The molecule has 0 fully saturated rings. The zero-order chi connectivity index (χ0) is 11.5. The molecule has 1 rings (SSSR count). The van der Waals surface area contributed by atoms with Crippen LogP contribution in [-0.4, -0.2) is 23.7 Å². The molecular formula is C11H14FNO2. The molecule has 0 saturated heterocycles. The fourth-order valence-corrected chi connectivity index (χ4v) is 1.28. The summed E-state index contributed by atoms with van der Waals surface area (Å²) in [4.78, 5) is 11.0. The van der Waals surface area contributed by atoms with Crippen LogP contribution in [0.3, 0.4) is 0 Å². The summed E-state index contributed by atoms with van der Waals surface area (Å²) < 4.78 is 12.6. The van der Waals surface area contributed by atoms with E-state index in [9.17, 15) is 9.18 Å². The van der Waals surface area contributed by atoms with Crippen molar-refractivity contribution in [3.8, 4) is 0 Å². The van der Waals surface area contributed by atoms with Crippen molar-refractivity contribution in [3.05, 3.63) is 35.6 Å². The van der Waals surface area contributed by atoms with Crippen molar-refractivity contribution in [2.45, 2.75) is 18.9 Å². The van der Waals surface area contributed by atoms with Crippen LogP contribution in [0.1, 0.15) is 12.5 Å². The van der Waals surface area contributed by atoms with Crippen LogP contribution in [0.2, 0.25) is 0 Å². The van der Waals surface area contributed by atoms with E-state index < -0.39 is 11.5 Å². The molecule has 4 heteroatoms. The topological polar surface area (TPSA) is 49.3 Å². The smallest absolute Gasteiger partial charge is 0.323 e. The average Bonchev–Trinajstić information content (AvgIpc) is 2.21. The maximum absolute atomic E-state index is 12.6. The van der Waals surface area contributed by atoms with Gasteiger partial charge < -0.3 is 10.4 Å². The molecule has 0 aliphatic rings. The van der Waals surface area contributed by atoms with Crippen LogP contribution in [0.5, 0.6) is 0 Å². The number of nitrogens with one attached hydrogen (secondary N) is 1. The second-order valence-corrected chi connectivity index (χ2v) is 3.69. The molecule has 0 aliphatic carbocycles. The quantitative estimate of drug-likeness (QED) is 0.792. The lowest BCUT2D eigenvalue weighted by Crippen LogP contribution is -2.49. The highest BCUT2D eigenvalue weighted by Gasteiger charge is 2.31. The average molecular weight is 211 g/mol. The number of carbonyl (C=O) groups is 1. The first-order valence-electron chi connectivity index (χ1n) is 4.65. The molecule has 15 heavy (non-hydrogen) atoms. The van der Waals surface area contributed by atoms with Gasteiger partial charge in [0.05, 0.1) is 0 Å². The molecule has 3 nitrogen and oxygen atoms in total. The highest BCUT2D eigenvalue weighted by Crippen LogP contribution is 2.13. The molecule has 82 valence electrons. The van der Waals surface area contributed by atoms with Crippen LogP contribution >= 0.6 is 0 Å². The lowest BCUT2D eigenvalue weighted by molar-refractivity contribution is -0.143. The van der Waals surface area contributed by atoms with E-state index in [-0.39, 0.29) is 5.82 Å². The van der Waals surface area contributed by atoms with Gasteiger partial charge in [-0.15, -0.1) is 0 Å². The predicted octanol–water partition coefficient (Wildman–Crippen LogP) is 1.43. The number of hydrogen-bond donors (Lipinski definition) is 2. The van der Waals surface area contributed by atoms with Gasteiger partial charge in [-0.2, -0.15) is 0 Å². The number of hydrogen-bond acceptors (Lipinski definition) is 2. The van der Waals surface area contributed by atoms with Crippen molar-refractivity contribution in [3.63, 3.8) is 0 Å². The summed E-state index contributed by atoms with van der Waals surface area (Å²) in [6, 6.07) is 5.84. The SMILES string of the molecule is CNC(C)(Cc1ccc(F)cc1)C(=O)O. The Balaban J connectivity index is 2.84. The van der Waals surface area contributed by atoms with Crippen LogP contribution in [0, 0.1) is 5.82 Å². The van der Waals surface area contributed by atoms with Crippen molar-refractivity contribution in [1.82, 2.24) is 5.32 Å². The summed E-state index contributed by atoms with van der Waals surface area (Å²) in [6.45, 7) is 1.60. The lowest BCUT2D eigenvalue weighted by atomic mass is 9.93. The van der Waals surface area contributed by atoms with Crippen LogP contribution in [0.25, 0.3) is 0 Å². The summed E-state index contributed by atoms with van der Waals surface area (Å²) in [6.07, 6.45) is 0.319. The van der Waals surface area contributed by atoms with Crippen molar-refractivity contribution >= 4 is 5.97 Å². The second kappa shape index (κ2) is 4.40. The van der Waals surface area contributed by atoms with Gasteiger partial charge >= 0.3 is 5.97 Å². The molecule has 1 aromatic carbocycles. The Morgan fingerprint density at radius 3 is 2.40 bits per heavy atom. The molecular weight excluding hydrogens is 197 g/mol. The number of carboxylic acid groups (broad SMARTS) is 1. The normalized spacial score (nSPS) is 14.6. The first-order chi connectivity index (χ1) is 6.98. The Morgan fingerprint density at radius 2 is 2.00 bits per heavy atom. The van der Waals surface area contributed by atoms with Gasteiger partial charge in [0.1, 0.15) is 11.4 Å². The van der Waals surface area contributed by atoms with Crippen molar-refractivity contribution in [2.75, 3.05) is 7.05 Å². The summed E-state index contributed by atoms with van der Waals surface area (Å²) in [5.74, 6) is -1.24. The number of likely N-dealkylation sites (N-methyl/N-ethyl adjacent to an activating group) is 1. The minimum absolute atomic E-state index is 0.319. The van der Waals surface area contributed by atoms with Gasteiger partial charge in [0.15, 0.2) is 0 Å². The van der Waals surface area contributed by atoms with Crippen molar-refractivity contribution in [1.29, 1.82) is 0 Å². The molecule has 0 bridgehead atoms.